The van der Waals surface area contributed by atoms with E-state index in [1.165, 1.54) is 77.2 Å². The molecule has 1 fully saturated rings. The van der Waals surface area contributed by atoms with Crippen LogP contribution in [0.2, 0.25) is 0 Å². The quantitative estimate of drug-likeness (QED) is 0.233. The van der Waals surface area contributed by atoms with E-state index in [2.05, 4.69) is 99.2 Å². The van der Waals surface area contributed by atoms with Crippen LogP contribution in [-0.4, -0.2) is 0 Å². The molecular formula is C35H36NO+. The molecule has 0 bridgehead atoms. The molecule has 0 radical (unpaired) electrons. The maximum Gasteiger partial charge on any atom is 0.216 e. The first-order valence-electron chi connectivity index (χ1n) is 14.0. The van der Waals surface area contributed by atoms with Gasteiger partial charge in [0.25, 0.3) is 0 Å². The monoisotopic (exact) mass is 486 g/mol. The van der Waals surface area contributed by atoms with Crippen LogP contribution < -0.4 is 4.57 Å². The van der Waals surface area contributed by atoms with Gasteiger partial charge in [-0.2, -0.15) is 0 Å². The fourth-order valence-corrected chi connectivity index (χ4v) is 7.23. The third-order valence-electron chi connectivity index (χ3n) is 8.99. The zero-order valence-corrected chi connectivity index (χ0v) is 22.5. The predicted molar refractivity (Wildman–Crippen MR) is 153 cm³/mol. The highest BCUT2D eigenvalue weighted by atomic mass is 16.3. The van der Waals surface area contributed by atoms with E-state index in [0.29, 0.717) is 11.3 Å². The van der Waals surface area contributed by atoms with Crippen LogP contribution in [0.25, 0.3) is 44.3 Å². The van der Waals surface area contributed by atoms with Crippen molar-refractivity contribution in [3.8, 4) is 22.4 Å². The van der Waals surface area contributed by atoms with Crippen LogP contribution in [0.1, 0.15) is 67.7 Å². The normalized spacial score (nSPS) is 17.2. The number of aryl methyl sites for hydroxylation is 2. The lowest BCUT2D eigenvalue weighted by atomic mass is 9.86. The second kappa shape index (κ2) is 8.31. The second-order valence-corrected chi connectivity index (χ2v) is 12.3. The smallest absolute Gasteiger partial charge is 0.216 e. The van der Waals surface area contributed by atoms with Crippen LogP contribution in [-0.2, 0) is 19.9 Å². The summed E-state index contributed by atoms with van der Waals surface area (Å²) in [5.41, 5.74) is 13.3. The topological polar surface area (TPSA) is 17.0 Å². The van der Waals surface area contributed by atoms with Gasteiger partial charge in [0.15, 0.2) is 6.20 Å². The van der Waals surface area contributed by atoms with Crippen molar-refractivity contribution in [2.45, 2.75) is 65.2 Å². The van der Waals surface area contributed by atoms with E-state index < -0.39 is 0 Å². The van der Waals surface area contributed by atoms with Crippen LogP contribution in [0.3, 0.4) is 0 Å². The molecule has 0 N–H and O–H groups in total. The molecule has 0 unspecified atom stereocenters. The molecule has 2 aromatic heterocycles. The van der Waals surface area contributed by atoms with E-state index in [-0.39, 0.29) is 0 Å². The number of pyridine rings is 1. The number of para-hydroxylation sites is 1. The molecule has 0 amide bonds. The maximum atomic E-state index is 6.87. The second-order valence-electron chi connectivity index (χ2n) is 12.3. The molecule has 7 rings (SSSR count). The highest BCUT2D eigenvalue weighted by Crippen LogP contribution is 2.47. The highest BCUT2D eigenvalue weighted by molar-refractivity contribution is 6.13. The number of rotatable bonds is 3. The Balaban J connectivity index is 1.47. The van der Waals surface area contributed by atoms with Crippen molar-refractivity contribution in [2.24, 2.45) is 12.5 Å². The van der Waals surface area contributed by atoms with Crippen LogP contribution in [0.5, 0.6) is 0 Å². The number of hydrogen-bond donors (Lipinski definition) is 0. The summed E-state index contributed by atoms with van der Waals surface area (Å²) in [7, 11) is 2.11. The van der Waals surface area contributed by atoms with Crippen molar-refractivity contribution in [3.05, 3.63) is 89.1 Å². The summed E-state index contributed by atoms with van der Waals surface area (Å²) in [5.74, 6) is 0.713. The van der Waals surface area contributed by atoms with Crippen molar-refractivity contribution < 1.29 is 8.98 Å². The van der Waals surface area contributed by atoms with Crippen molar-refractivity contribution >= 4 is 21.9 Å². The number of aromatic nitrogens is 1. The highest BCUT2D eigenvalue weighted by Gasteiger charge is 2.33. The fraction of sp³-hybridized carbons (Fsp3) is 0.343. The molecular weight excluding hydrogens is 450 g/mol. The van der Waals surface area contributed by atoms with Gasteiger partial charge in [-0.05, 0) is 77.8 Å². The van der Waals surface area contributed by atoms with Gasteiger partial charge < -0.3 is 4.42 Å². The summed E-state index contributed by atoms with van der Waals surface area (Å²) in [5, 5.41) is 2.40. The average Bonchev–Trinajstić information content (AvgIpc) is 3.60. The zero-order chi connectivity index (χ0) is 25.3. The summed E-state index contributed by atoms with van der Waals surface area (Å²) >= 11 is 0. The van der Waals surface area contributed by atoms with Gasteiger partial charge >= 0.3 is 0 Å². The Morgan fingerprint density at radius 1 is 0.865 bits per heavy atom. The molecule has 3 aromatic carbocycles. The van der Waals surface area contributed by atoms with Gasteiger partial charge in [0.1, 0.15) is 18.2 Å². The summed E-state index contributed by atoms with van der Waals surface area (Å²) in [4.78, 5) is 0. The molecule has 0 saturated heterocycles. The lowest BCUT2D eigenvalue weighted by Gasteiger charge is -2.18. The molecule has 186 valence electrons. The molecule has 0 spiro atoms. The first-order valence-corrected chi connectivity index (χ1v) is 14.0. The Labute approximate surface area is 220 Å². The number of hydrogen-bond acceptors (Lipinski definition) is 1. The first kappa shape index (κ1) is 22.8. The Kier molecular flexibility index (Phi) is 5.12. The fourth-order valence-electron chi connectivity index (χ4n) is 7.23. The Hall–Kier alpha value is -3.39. The lowest BCUT2D eigenvalue weighted by molar-refractivity contribution is -0.660. The van der Waals surface area contributed by atoms with E-state index in [1.807, 2.05) is 0 Å². The van der Waals surface area contributed by atoms with E-state index in [9.17, 15) is 0 Å². The van der Waals surface area contributed by atoms with E-state index >= 15 is 0 Å². The van der Waals surface area contributed by atoms with E-state index in [0.717, 1.165) is 11.2 Å². The standard InChI is InChI=1S/C35H36NO/c1-22-15-16-28-27-13-9-12-26(33(27)37-34(28)32(22)31-14-7-8-17-36(31)4)24-18-25-20-35(2,3)21-30(25)29(19-24)23-10-5-6-11-23/h7-9,12-19,23H,5-6,10-11,20-21H2,1-4H3/q+1. The van der Waals surface area contributed by atoms with Crippen LogP contribution in [0, 0.1) is 12.3 Å². The minimum Gasteiger partial charge on any atom is -0.454 e. The summed E-state index contributed by atoms with van der Waals surface area (Å²) in [6, 6.07) is 22.6. The van der Waals surface area contributed by atoms with Gasteiger partial charge in [-0.25, -0.2) is 4.57 Å². The van der Waals surface area contributed by atoms with Gasteiger partial charge in [0.2, 0.25) is 5.69 Å². The third kappa shape index (κ3) is 3.64. The largest absolute Gasteiger partial charge is 0.454 e. The molecule has 0 aliphatic heterocycles. The van der Waals surface area contributed by atoms with Gasteiger partial charge in [0, 0.05) is 28.5 Å². The number of benzene rings is 3. The van der Waals surface area contributed by atoms with Gasteiger partial charge in [-0.15, -0.1) is 0 Å². The molecule has 2 nitrogen and oxygen atoms in total. The van der Waals surface area contributed by atoms with Crippen molar-refractivity contribution in [1.29, 1.82) is 0 Å². The number of fused-ring (bicyclic) bond motifs is 4. The van der Waals surface area contributed by atoms with Crippen molar-refractivity contribution in [1.82, 2.24) is 0 Å². The Bertz CT molecular complexity index is 1680. The van der Waals surface area contributed by atoms with Gasteiger partial charge in [0.05, 0.1) is 5.56 Å². The number of furan rings is 1. The maximum absolute atomic E-state index is 6.87. The van der Waals surface area contributed by atoms with Crippen molar-refractivity contribution in [3.63, 3.8) is 0 Å². The van der Waals surface area contributed by atoms with Gasteiger partial charge in [-0.3, -0.25) is 0 Å². The molecule has 5 aromatic rings. The molecule has 37 heavy (non-hydrogen) atoms. The predicted octanol–water partition coefficient (Wildman–Crippen LogP) is 8.84. The summed E-state index contributed by atoms with van der Waals surface area (Å²) < 4.78 is 9.06. The first-order chi connectivity index (χ1) is 17.9. The molecule has 1 saturated carbocycles. The van der Waals surface area contributed by atoms with E-state index in [4.69, 9.17) is 4.42 Å². The molecule has 2 heteroatoms. The molecule has 2 aliphatic rings. The van der Waals surface area contributed by atoms with Gasteiger partial charge in [-0.1, -0.05) is 69.2 Å². The average molecular weight is 487 g/mol. The van der Waals surface area contributed by atoms with Crippen LogP contribution >= 0.6 is 0 Å². The Morgan fingerprint density at radius 2 is 1.68 bits per heavy atom. The van der Waals surface area contributed by atoms with Crippen molar-refractivity contribution in [2.75, 3.05) is 0 Å². The molecule has 0 atom stereocenters. The zero-order valence-electron chi connectivity index (χ0n) is 22.5. The minimum atomic E-state index is 0.345. The number of nitrogens with zero attached hydrogens (tertiary/aromatic N) is 1. The van der Waals surface area contributed by atoms with Crippen LogP contribution in [0.4, 0.5) is 0 Å². The SMILES string of the molecule is Cc1ccc2c(oc3c(-c4cc5c(c(C6CCCC6)c4)CC(C)(C)C5)cccc32)c1-c1cccc[n+]1C. The third-order valence-corrected chi connectivity index (χ3v) is 8.99. The minimum absolute atomic E-state index is 0.345. The van der Waals surface area contributed by atoms with Crippen LogP contribution in [0.15, 0.2) is 71.3 Å². The molecule has 2 aliphatic carbocycles. The Morgan fingerprint density at radius 3 is 2.49 bits per heavy atom. The molecule has 2 heterocycles. The summed E-state index contributed by atoms with van der Waals surface area (Å²) in [6.07, 6.45) is 9.89. The lowest BCUT2D eigenvalue weighted by Crippen LogP contribution is -2.30. The summed E-state index contributed by atoms with van der Waals surface area (Å²) in [6.45, 7) is 7.04. The van der Waals surface area contributed by atoms with E-state index in [1.54, 1.807) is 16.7 Å².